The fourth-order valence-corrected chi connectivity index (χ4v) is 2.87. The van der Waals surface area contributed by atoms with Gasteiger partial charge in [-0.2, -0.15) is 0 Å². The summed E-state index contributed by atoms with van der Waals surface area (Å²) in [4.78, 5) is 22.3. The van der Waals surface area contributed by atoms with Crippen LogP contribution in [-0.4, -0.2) is 10.7 Å². The van der Waals surface area contributed by atoms with Gasteiger partial charge in [0.05, 0.1) is 4.92 Å². The summed E-state index contributed by atoms with van der Waals surface area (Å²) in [5, 5.41) is 10.8. The molecule has 0 atom stereocenters. The molecule has 2 aromatic carbocycles. The Bertz CT molecular complexity index is 1080. The van der Waals surface area contributed by atoms with Gasteiger partial charge in [0.25, 0.3) is 5.69 Å². The Morgan fingerprint density at radius 3 is 2.52 bits per heavy atom. The van der Waals surface area contributed by atoms with Crippen LogP contribution >= 0.6 is 15.9 Å². The lowest BCUT2D eigenvalue weighted by Gasteiger charge is -2.00. The molecule has 0 fully saturated rings. The Kier molecular flexibility index (Phi) is 5.27. The summed E-state index contributed by atoms with van der Waals surface area (Å²) in [6.45, 7) is 0. The molecule has 1 aromatic heterocycles. The van der Waals surface area contributed by atoms with Gasteiger partial charge in [-0.05, 0) is 64.5 Å². The Morgan fingerprint density at radius 2 is 1.85 bits per heavy atom. The lowest BCUT2D eigenvalue weighted by molar-refractivity contribution is -0.384. The van der Waals surface area contributed by atoms with Crippen LogP contribution in [0.15, 0.2) is 63.5 Å². The van der Waals surface area contributed by atoms with E-state index in [0.717, 1.165) is 12.1 Å². The monoisotopic (exact) mass is 433 g/mol. The molecule has 0 aliphatic rings. The molecule has 0 amide bonds. The second-order valence-corrected chi connectivity index (χ2v) is 6.30. The lowest BCUT2D eigenvalue weighted by atomic mass is 10.1. The average molecular weight is 434 g/mol. The number of rotatable bonds is 5. The first-order chi connectivity index (χ1) is 12.8. The molecule has 3 rings (SSSR count). The predicted molar refractivity (Wildman–Crippen MR) is 98.2 cm³/mol. The number of carbonyl (C=O) groups is 1. The molecule has 0 saturated carbocycles. The number of hydrogen-bond acceptors (Lipinski definition) is 4. The van der Waals surface area contributed by atoms with Gasteiger partial charge in [0.15, 0.2) is 17.4 Å². The van der Waals surface area contributed by atoms with Crippen LogP contribution in [0.1, 0.15) is 16.1 Å². The number of hydrogen-bond donors (Lipinski definition) is 0. The largest absolute Gasteiger partial charge is 0.457 e. The first kappa shape index (κ1) is 18.7. The molecule has 8 heteroatoms. The van der Waals surface area contributed by atoms with Gasteiger partial charge in [-0.25, -0.2) is 8.78 Å². The van der Waals surface area contributed by atoms with E-state index in [1.165, 1.54) is 30.4 Å². The van der Waals surface area contributed by atoms with E-state index in [-0.39, 0.29) is 11.3 Å². The van der Waals surface area contributed by atoms with Crippen LogP contribution in [0.2, 0.25) is 0 Å². The van der Waals surface area contributed by atoms with E-state index in [4.69, 9.17) is 4.42 Å². The Labute approximate surface area is 160 Å². The summed E-state index contributed by atoms with van der Waals surface area (Å²) >= 11 is 3.26. The number of benzene rings is 2. The maximum atomic E-state index is 13.2. The number of non-ortho nitro benzene ring substituents is 1. The Morgan fingerprint density at radius 1 is 1.07 bits per heavy atom. The number of nitro benzene ring substituents is 1. The topological polar surface area (TPSA) is 73.3 Å². The van der Waals surface area contributed by atoms with Crippen LogP contribution in [0.5, 0.6) is 0 Å². The van der Waals surface area contributed by atoms with Crippen LogP contribution in [0, 0.1) is 21.7 Å². The van der Waals surface area contributed by atoms with Crippen molar-refractivity contribution in [2.45, 2.75) is 0 Å². The zero-order valence-corrected chi connectivity index (χ0v) is 15.1. The molecule has 3 aromatic rings. The normalized spacial score (nSPS) is 11.1. The molecule has 27 heavy (non-hydrogen) atoms. The lowest BCUT2D eigenvalue weighted by Crippen LogP contribution is -1.96. The molecule has 0 aliphatic carbocycles. The summed E-state index contributed by atoms with van der Waals surface area (Å²) in [6, 6.07) is 10.4. The maximum absolute atomic E-state index is 13.2. The third-order valence-corrected chi connectivity index (χ3v) is 4.31. The molecule has 5 nitrogen and oxygen atoms in total. The van der Waals surface area contributed by atoms with Crippen molar-refractivity contribution in [1.82, 2.24) is 0 Å². The van der Waals surface area contributed by atoms with Gasteiger partial charge >= 0.3 is 0 Å². The van der Waals surface area contributed by atoms with Crippen molar-refractivity contribution in [2.75, 3.05) is 0 Å². The highest BCUT2D eigenvalue weighted by Gasteiger charge is 2.13. The van der Waals surface area contributed by atoms with Gasteiger partial charge in [-0.3, -0.25) is 14.9 Å². The summed E-state index contributed by atoms with van der Waals surface area (Å²) in [7, 11) is 0. The summed E-state index contributed by atoms with van der Waals surface area (Å²) in [5.41, 5.74) is 0.552. The zero-order chi connectivity index (χ0) is 19.6. The Balaban J connectivity index is 1.79. The second-order valence-electron chi connectivity index (χ2n) is 5.45. The smallest absolute Gasteiger partial charge is 0.270 e. The van der Waals surface area contributed by atoms with Gasteiger partial charge in [0.2, 0.25) is 0 Å². The van der Waals surface area contributed by atoms with Gasteiger partial charge in [0, 0.05) is 27.7 Å². The fourth-order valence-electron chi connectivity index (χ4n) is 2.31. The SMILES string of the molecule is O=C(/C=C/c1ccc(-c2ccc([N+](=O)[O-])cc2Br)o1)c1ccc(F)c(F)c1. The van der Waals surface area contributed by atoms with E-state index in [1.807, 2.05) is 0 Å². The van der Waals surface area contributed by atoms with Crippen molar-refractivity contribution in [3.63, 3.8) is 0 Å². The number of carbonyl (C=O) groups excluding carboxylic acids is 1. The van der Waals surface area contributed by atoms with Crippen molar-refractivity contribution < 1.29 is 22.9 Å². The molecule has 1 heterocycles. The van der Waals surface area contributed by atoms with Gasteiger partial charge < -0.3 is 4.42 Å². The summed E-state index contributed by atoms with van der Waals surface area (Å²) in [5.74, 6) is -1.84. The highest BCUT2D eigenvalue weighted by molar-refractivity contribution is 9.10. The average Bonchev–Trinajstić information content (AvgIpc) is 3.10. The standard InChI is InChI=1S/C19H10BrF2NO4/c20-15-10-12(23(25)26)2-5-14(15)19-8-4-13(27-19)3-7-18(24)11-1-6-16(21)17(22)9-11/h1-10H/b7-3+. The minimum absolute atomic E-state index is 0.00930. The Hall–Kier alpha value is -3.13. The summed E-state index contributed by atoms with van der Waals surface area (Å²) < 4.78 is 32.2. The number of allylic oxidation sites excluding steroid dienone is 1. The van der Waals surface area contributed by atoms with Crippen molar-refractivity contribution in [3.8, 4) is 11.3 Å². The highest BCUT2D eigenvalue weighted by atomic mass is 79.9. The van der Waals surface area contributed by atoms with E-state index >= 15 is 0 Å². The fraction of sp³-hybridized carbons (Fsp3) is 0. The van der Waals surface area contributed by atoms with E-state index in [9.17, 15) is 23.7 Å². The second kappa shape index (κ2) is 7.63. The minimum atomic E-state index is -1.10. The molecule has 0 unspecified atom stereocenters. The highest BCUT2D eigenvalue weighted by Crippen LogP contribution is 2.32. The van der Waals surface area contributed by atoms with E-state index in [2.05, 4.69) is 15.9 Å². The van der Waals surface area contributed by atoms with Crippen LogP contribution in [0.3, 0.4) is 0 Å². The zero-order valence-electron chi connectivity index (χ0n) is 13.5. The van der Waals surface area contributed by atoms with Crippen molar-refractivity contribution in [1.29, 1.82) is 0 Å². The molecule has 0 saturated heterocycles. The molecule has 0 bridgehead atoms. The number of nitrogens with zero attached hydrogens (tertiary/aromatic N) is 1. The van der Waals surface area contributed by atoms with Gasteiger partial charge in [-0.1, -0.05) is 0 Å². The molecular weight excluding hydrogens is 424 g/mol. The number of furan rings is 1. The van der Waals surface area contributed by atoms with Crippen LogP contribution in [0.25, 0.3) is 17.4 Å². The van der Waals surface area contributed by atoms with Crippen LogP contribution in [-0.2, 0) is 0 Å². The number of nitro groups is 1. The van der Waals surface area contributed by atoms with Crippen molar-refractivity contribution >= 4 is 33.5 Å². The molecule has 0 radical (unpaired) electrons. The third-order valence-electron chi connectivity index (χ3n) is 3.66. The number of halogens is 3. The first-order valence-corrected chi connectivity index (χ1v) is 8.36. The molecule has 0 aliphatic heterocycles. The van der Waals surface area contributed by atoms with E-state index < -0.39 is 22.3 Å². The van der Waals surface area contributed by atoms with Crippen LogP contribution in [0.4, 0.5) is 14.5 Å². The molecule has 136 valence electrons. The minimum Gasteiger partial charge on any atom is -0.457 e. The number of ketones is 1. The van der Waals surface area contributed by atoms with E-state index in [1.54, 1.807) is 18.2 Å². The van der Waals surface area contributed by atoms with Crippen LogP contribution < -0.4 is 0 Å². The molecular formula is C19H10BrF2NO4. The molecule has 0 N–H and O–H groups in total. The summed E-state index contributed by atoms with van der Waals surface area (Å²) in [6.07, 6.45) is 2.58. The van der Waals surface area contributed by atoms with Gasteiger partial charge in [-0.15, -0.1) is 0 Å². The first-order valence-electron chi connectivity index (χ1n) is 7.57. The maximum Gasteiger partial charge on any atom is 0.270 e. The predicted octanol–water partition coefficient (Wildman–Crippen LogP) is 5.79. The van der Waals surface area contributed by atoms with Crippen molar-refractivity contribution in [3.05, 3.63) is 92.2 Å². The van der Waals surface area contributed by atoms with Gasteiger partial charge in [0.1, 0.15) is 11.5 Å². The molecule has 0 spiro atoms. The van der Waals surface area contributed by atoms with E-state index in [0.29, 0.717) is 21.6 Å². The quantitative estimate of drug-likeness (QED) is 0.221. The van der Waals surface area contributed by atoms with Crippen molar-refractivity contribution in [2.24, 2.45) is 0 Å². The third kappa shape index (κ3) is 4.17.